The van der Waals surface area contributed by atoms with Gasteiger partial charge >= 0.3 is 0 Å². The third-order valence-electron chi connectivity index (χ3n) is 3.27. The van der Waals surface area contributed by atoms with Crippen LogP contribution < -0.4 is 16.2 Å². The van der Waals surface area contributed by atoms with Crippen LogP contribution >= 0.6 is 0 Å². The number of hydrogen-bond acceptors (Lipinski definition) is 5. The van der Waals surface area contributed by atoms with Gasteiger partial charge < -0.3 is 20.8 Å². The molecule has 1 saturated heterocycles. The second-order valence-electron chi connectivity index (χ2n) is 4.43. The summed E-state index contributed by atoms with van der Waals surface area (Å²) < 4.78 is 3.08. The number of aliphatic hydroxyl groups excluding tert-OH is 2. The molecule has 4 N–H and O–H groups in total. The van der Waals surface area contributed by atoms with E-state index in [1.807, 2.05) is 0 Å². The van der Waals surface area contributed by atoms with Crippen LogP contribution in [0.15, 0.2) is 4.79 Å². The zero-order valence-corrected chi connectivity index (χ0v) is 10.4. The van der Waals surface area contributed by atoms with Gasteiger partial charge in [-0.25, -0.2) is 4.68 Å². The first-order chi connectivity index (χ1) is 8.70. The van der Waals surface area contributed by atoms with E-state index in [9.17, 15) is 4.79 Å². The Morgan fingerprint density at radius 2 is 1.61 bits per heavy atom. The van der Waals surface area contributed by atoms with Crippen molar-refractivity contribution in [2.45, 2.75) is 25.9 Å². The molecule has 18 heavy (non-hydrogen) atoms. The van der Waals surface area contributed by atoms with Gasteiger partial charge in [-0.1, -0.05) is 0 Å². The average molecular weight is 256 g/mol. The lowest BCUT2D eigenvalue weighted by atomic mass is 10.4. The highest BCUT2D eigenvalue weighted by atomic mass is 16.3. The SMILES string of the molecule is Nc1c(N2CCCC2)n(CCO)n(CCO)c1=O. The Kier molecular flexibility index (Phi) is 3.93. The lowest BCUT2D eigenvalue weighted by Crippen LogP contribution is -2.28. The quantitative estimate of drug-likeness (QED) is 0.616. The predicted octanol–water partition coefficient (Wildman–Crippen LogP) is -1.18. The molecule has 0 saturated carbocycles. The molecule has 1 fully saturated rings. The Morgan fingerprint density at radius 3 is 2.17 bits per heavy atom. The number of nitrogen functional groups attached to an aromatic ring is 1. The summed E-state index contributed by atoms with van der Waals surface area (Å²) in [5.41, 5.74) is 5.80. The van der Waals surface area contributed by atoms with Crippen LogP contribution in [0.5, 0.6) is 0 Å². The van der Waals surface area contributed by atoms with Crippen molar-refractivity contribution in [3.63, 3.8) is 0 Å². The first-order valence-corrected chi connectivity index (χ1v) is 6.26. The van der Waals surface area contributed by atoms with Gasteiger partial charge in [0.2, 0.25) is 0 Å². The van der Waals surface area contributed by atoms with Crippen LogP contribution in [-0.4, -0.2) is 45.9 Å². The molecule has 1 aliphatic heterocycles. The summed E-state index contributed by atoms with van der Waals surface area (Å²) in [6.45, 7) is 2.04. The van der Waals surface area contributed by atoms with Crippen molar-refractivity contribution in [3.05, 3.63) is 10.4 Å². The zero-order valence-electron chi connectivity index (χ0n) is 10.4. The van der Waals surface area contributed by atoms with Crippen LogP contribution in [0.3, 0.4) is 0 Å². The van der Waals surface area contributed by atoms with E-state index in [2.05, 4.69) is 4.90 Å². The number of rotatable bonds is 5. The maximum Gasteiger partial charge on any atom is 0.292 e. The monoisotopic (exact) mass is 256 g/mol. The average Bonchev–Trinajstić information content (AvgIpc) is 2.94. The van der Waals surface area contributed by atoms with E-state index in [1.54, 1.807) is 4.68 Å². The molecule has 0 amide bonds. The highest BCUT2D eigenvalue weighted by molar-refractivity contribution is 5.63. The Labute approximate surface area is 105 Å². The van der Waals surface area contributed by atoms with Gasteiger partial charge in [-0.2, -0.15) is 0 Å². The van der Waals surface area contributed by atoms with Gasteiger partial charge in [0.15, 0.2) is 5.82 Å². The van der Waals surface area contributed by atoms with Gasteiger partial charge in [0.1, 0.15) is 5.69 Å². The molecule has 0 atom stereocenters. The van der Waals surface area contributed by atoms with E-state index in [4.69, 9.17) is 15.9 Å². The number of hydrogen-bond donors (Lipinski definition) is 3. The minimum absolute atomic E-state index is 0.0696. The molecule has 0 radical (unpaired) electrons. The largest absolute Gasteiger partial charge is 0.394 e. The second kappa shape index (κ2) is 5.45. The number of anilines is 2. The van der Waals surface area contributed by atoms with E-state index in [1.165, 1.54) is 4.68 Å². The van der Waals surface area contributed by atoms with Crippen molar-refractivity contribution in [2.24, 2.45) is 0 Å². The Hall–Kier alpha value is -1.47. The van der Waals surface area contributed by atoms with Gasteiger partial charge in [-0.3, -0.25) is 9.48 Å². The van der Waals surface area contributed by atoms with Crippen molar-refractivity contribution in [3.8, 4) is 0 Å². The Morgan fingerprint density at radius 1 is 1.06 bits per heavy atom. The maximum absolute atomic E-state index is 12.0. The molecule has 0 unspecified atom stereocenters. The van der Waals surface area contributed by atoms with Gasteiger partial charge in [0.05, 0.1) is 26.3 Å². The summed E-state index contributed by atoms with van der Waals surface area (Å²) in [7, 11) is 0. The summed E-state index contributed by atoms with van der Waals surface area (Å²) in [6.07, 6.45) is 2.16. The smallest absolute Gasteiger partial charge is 0.292 e. The number of aliphatic hydroxyl groups is 2. The molecule has 0 bridgehead atoms. The summed E-state index contributed by atoms with van der Waals surface area (Å²) in [5, 5.41) is 18.1. The number of aromatic nitrogens is 2. The normalized spacial score (nSPS) is 15.6. The summed E-state index contributed by atoms with van der Waals surface area (Å²) in [4.78, 5) is 14.1. The molecular weight excluding hydrogens is 236 g/mol. The molecule has 7 nitrogen and oxygen atoms in total. The van der Waals surface area contributed by atoms with Crippen LogP contribution in [0.25, 0.3) is 0 Å². The van der Waals surface area contributed by atoms with E-state index < -0.39 is 0 Å². The van der Waals surface area contributed by atoms with Gasteiger partial charge in [-0.15, -0.1) is 0 Å². The number of nitrogens with zero attached hydrogens (tertiary/aromatic N) is 3. The fourth-order valence-electron chi connectivity index (χ4n) is 2.50. The van der Waals surface area contributed by atoms with Crippen LogP contribution in [0.4, 0.5) is 11.5 Å². The molecule has 1 aromatic heterocycles. The fourth-order valence-corrected chi connectivity index (χ4v) is 2.50. The van der Waals surface area contributed by atoms with Crippen LogP contribution in [0.2, 0.25) is 0 Å². The van der Waals surface area contributed by atoms with E-state index in [0.717, 1.165) is 25.9 Å². The van der Waals surface area contributed by atoms with Crippen LogP contribution in [0.1, 0.15) is 12.8 Å². The Bertz CT molecular complexity index is 460. The van der Waals surface area contributed by atoms with Crippen molar-refractivity contribution >= 4 is 11.5 Å². The summed E-state index contributed by atoms with van der Waals surface area (Å²) in [6, 6.07) is 0. The minimum atomic E-state index is -0.292. The topological polar surface area (TPSA) is 96.7 Å². The van der Waals surface area contributed by atoms with E-state index in [0.29, 0.717) is 12.4 Å². The highest BCUT2D eigenvalue weighted by Gasteiger charge is 2.24. The third kappa shape index (κ3) is 2.11. The summed E-state index contributed by atoms with van der Waals surface area (Å²) >= 11 is 0. The van der Waals surface area contributed by atoms with Crippen molar-refractivity contribution in [2.75, 3.05) is 36.9 Å². The molecule has 0 spiro atoms. The second-order valence-corrected chi connectivity index (χ2v) is 4.43. The standard InChI is InChI=1S/C11H20N4O3/c12-9-10(13-3-1-2-4-13)14(5-7-16)15(6-8-17)11(9)18/h16-17H,1-8,12H2. The first-order valence-electron chi connectivity index (χ1n) is 6.26. The van der Waals surface area contributed by atoms with Crippen molar-refractivity contribution in [1.82, 2.24) is 9.36 Å². The molecule has 1 aliphatic rings. The van der Waals surface area contributed by atoms with Crippen molar-refractivity contribution < 1.29 is 10.2 Å². The molecular formula is C11H20N4O3. The molecule has 1 aromatic rings. The number of nitrogens with two attached hydrogens (primary N) is 1. The van der Waals surface area contributed by atoms with Crippen LogP contribution in [-0.2, 0) is 13.1 Å². The maximum atomic E-state index is 12.0. The molecule has 0 aliphatic carbocycles. The van der Waals surface area contributed by atoms with Gasteiger partial charge in [-0.05, 0) is 12.8 Å². The predicted molar refractivity (Wildman–Crippen MR) is 68.7 cm³/mol. The van der Waals surface area contributed by atoms with E-state index >= 15 is 0 Å². The highest BCUT2D eigenvalue weighted by Crippen LogP contribution is 2.25. The molecule has 7 heteroatoms. The lowest BCUT2D eigenvalue weighted by Gasteiger charge is -2.21. The first kappa shape index (κ1) is 13.0. The lowest BCUT2D eigenvalue weighted by molar-refractivity contribution is 0.229. The third-order valence-corrected chi connectivity index (χ3v) is 3.27. The zero-order chi connectivity index (χ0) is 13.1. The van der Waals surface area contributed by atoms with Crippen molar-refractivity contribution in [1.29, 1.82) is 0 Å². The van der Waals surface area contributed by atoms with E-state index in [-0.39, 0.29) is 31.0 Å². The fraction of sp³-hybridized carbons (Fsp3) is 0.727. The van der Waals surface area contributed by atoms with Crippen LogP contribution in [0, 0.1) is 0 Å². The van der Waals surface area contributed by atoms with Gasteiger partial charge in [0.25, 0.3) is 5.56 Å². The molecule has 0 aromatic carbocycles. The minimum Gasteiger partial charge on any atom is -0.394 e. The molecule has 102 valence electrons. The summed E-state index contributed by atoms with van der Waals surface area (Å²) in [5.74, 6) is 0.681. The van der Waals surface area contributed by atoms with Gasteiger partial charge in [0, 0.05) is 13.1 Å². The molecule has 2 rings (SSSR count). The molecule has 2 heterocycles. The Balaban J connectivity index is 2.48.